The van der Waals surface area contributed by atoms with Crippen LogP contribution in [0.2, 0.25) is 0 Å². The Morgan fingerprint density at radius 1 is 1.03 bits per heavy atom. The van der Waals surface area contributed by atoms with E-state index in [0.29, 0.717) is 52.3 Å². The number of fused-ring (bicyclic) bond motifs is 1. The Kier molecular flexibility index (Phi) is 5.60. The van der Waals surface area contributed by atoms with Crippen molar-refractivity contribution in [3.05, 3.63) is 95.8 Å². The van der Waals surface area contributed by atoms with Crippen molar-refractivity contribution in [1.29, 1.82) is 0 Å². The number of para-hydroxylation sites is 1. The van der Waals surface area contributed by atoms with E-state index in [2.05, 4.69) is 25.5 Å². The number of nitrogens with zero attached hydrogens (tertiary/aromatic N) is 5. The van der Waals surface area contributed by atoms with Gasteiger partial charge in [0.25, 0.3) is 5.91 Å². The van der Waals surface area contributed by atoms with Gasteiger partial charge >= 0.3 is 0 Å². The Labute approximate surface area is 211 Å². The van der Waals surface area contributed by atoms with Crippen molar-refractivity contribution in [2.75, 3.05) is 0 Å². The summed E-state index contributed by atoms with van der Waals surface area (Å²) >= 11 is 0. The molecule has 3 heterocycles. The number of aromatic hydroxyl groups is 1. The molecule has 0 spiro atoms. The van der Waals surface area contributed by atoms with Crippen LogP contribution in [-0.4, -0.2) is 41.8 Å². The first kappa shape index (κ1) is 22.8. The smallest absolute Gasteiger partial charge is 0.252 e. The van der Waals surface area contributed by atoms with Crippen LogP contribution in [-0.2, 0) is 0 Å². The number of hydrogen-bond donors (Lipinski definition) is 2. The number of pyridine rings is 2. The molecule has 184 valence electrons. The first-order valence-corrected chi connectivity index (χ1v) is 12.0. The Balaban J connectivity index is 1.26. The third-order valence-electron chi connectivity index (χ3n) is 6.72. The molecule has 5 aromatic rings. The average molecular weight is 495 g/mol. The standard InChI is InChI=1S/C28H23FN6O2/c1-16-9-10-24(30-14-16)27-34-33-26(35(27)25-8-3-2-6-22(25)29)17-11-18(12-17)32-28(37)20-5-4-7-23-21(20)13-19(36)15-31-23/h2-10,13-15,17-18,36H,11-12H2,1H3,(H,32,37)/t17-,18-. The maximum atomic E-state index is 14.9. The van der Waals surface area contributed by atoms with Crippen molar-refractivity contribution in [1.82, 2.24) is 30.0 Å². The number of nitrogens with one attached hydrogen (secondary N) is 1. The molecular weight excluding hydrogens is 471 g/mol. The summed E-state index contributed by atoms with van der Waals surface area (Å²) in [5, 5.41) is 22.3. The minimum absolute atomic E-state index is 0.00260. The van der Waals surface area contributed by atoms with Gasteiger partial charge in [0.1, 0.15) is 23.1 Å². The summed E-state index contributed by atoms with van der Waals surface area (Å²) < 4.78 is 16.6. The summed E-state index contributed by atoms with van der Waals surface area (Å²) in [5.74, 6) is 0.469. The van der Waals surface area contributed by atoms with Gasteiger partial charge in [0.05, 0.1) is 17.4 Å². The van der Waals surface area contributed by atoms with E-state index in [0.717, 1.165) is 5.56 Å². The van der Waals surface area contributed by atoms with Gasteiger partial charge in [-0.05, 0) is 61.7 Å². The van der Waals surface area contributed by atoms with Gasteiger partial charge in [-0.3, -0.25) is 19.3 Å². The average Bonchev–Trinajstić information content (AvgIpc) is 3.30. The van der Waals surface area contributed by atoms with Crippen LogP contribution in [0.15, 0.2) is 73.1 Å². The fraction of sp³-hybridized carbons (Fsp3) is 0.179. The topological polar surface area (TPSA) is 106 Å². The zero-order valence-electron chi connectivity index (χ0n) is 20.0. The molecule has 2 aromatic carbocycles. The fourth-order valence-electron chi connectivity index (χ4n) is 4.74. The Bertz CT molecular complexity index is 1630. The lowest BCUT2D eigenvalue weighted by atomic mass is 9.79. The molecule has 2 N–H and O–H groups in total. The van der Waals surface area contributed by atoms with Crippen molar-refractivity contribution in [3.8, 4) is 23.0 Å². The molecule has 0 radical (unpaired) electrons. The largest absolute Gasteiger partial charge is 0.506 e. The number of aryl methyl sites for hydroxylation is 1. The molecule has 6 rings (SSSR count). The molecule has 1 amide bonds. The van der Waals surface area contributed by atoms with Crippen LogP contribution in [0.5, 0.6) is 5.75 Å². The third kappa shape index (κ3) is 4.18. The second kappa shape index (κ2) is 9.09. The van der Waals surface area contributed by atoms with Crippen molar-refractivity contribution < 1.29 is 14.3 Å². The summed E-state index contributed by atoms with van der Waals surface area (Å²) in [7, 11) is 0. The molecule has 8 nitrogen and oxygen atoms in total. The van der Waals surface area contributed by atoms with Crippen LogP contribution in [0.3, 0.4) is 0 Å². The Morgan fingerprint density at radius 2 is 1.86 bits per heavy atom. The predicted molar refractivity (Wildman–Crippen MR) is 136 cm³/mol. The maximum Gasteiger partial charge on any atom is 0.252 e. The van der Waals surface area contributed by atoms with Crippen molar-refractivity contribution in [3.63, 3.8) is 0 Å². The molecule has 0 unspecified atom stereocenters. The van der Waals surface area contributed by atoms with Crippen molar-refractivity contribution in [2.45, 2.75) is 31.7 Å². The molecule has 3 aromatic heterocycles. The molecule has 37 heavy (non-hydrogen) atoms. The van der Waals surface area contributed by atoms with Crippen LogP contribution >= 0.6 is 0 Å². The first-order chi connectivity index (χ1) is 18.0. The van der Waals surface area contributed by atoms with Gasteiger partial charge in [0.2, 0.25) is 0 Å². The second-order valence-electron chi connectivity index (χ2n) is 9.29. The molecule has 0 bridgehead atoms. The third-order valence-corrected chi connectivity index (χ3v) is 6.72. The highest BCUT2D eigenvalue weighted by molar-refractivity contribution is 6.06. The molecule has 1 aliphatic rings. The van der Waals surface area contributed by atoms with E-state index in [1.165, 1.54) is 12.3 Å². The quantitative estimate of drug-likeness (QED) is 0.367. The number of carbonyl (C=O) groups is 1. The fourth-order valence-corrected chi connectivity index (χ4v) is 4.74. The number of benzene rings is 2. The van der Waals surface area contributed by atoms with Crippen LogP contribution in [0.4, 0.5) is 4.39 Å². The molecular formula is C28H23FN6O2. The van der Waals surface area contributed by atoms with E-state index in [1.54, 1.807) is 53.2 Å². The lowest BCUT2D eigenvalue weighted by Crippen LogP contribution is -2.44. The zero-order valence-corrected chi connectivity index (χ0v) is 20.0. The normalized spacial score (nSPS) is 16.9. The van der Waals surface area contributed by atoms with Gasteiger partial charge in [-0.25, -0.2) is 4.39 Å². The van der Waals surface area contributed by atoms with Gasteiger partial charge in [0.15, 0.2) is 5.82 Å². The first-order valence-electron chi connectivity index (χ1n) is 12.0. The Hall–Kier alpha value is -4.66. The lowest BCUT2D eigenvalue weighted by molar-refractivity contribution is 0.0909. The van der Waals surface area contributed by atoms with Gasteiger partial charge in [-0.1, -0.05) is 24.3 Å². The van der Waals surface area contributed by atoms with E-state index in [-0.39, 0.29) is 29.4 Å². The van der Waals surface area contributed by atoms with Gasteiger partial charge in [-0.2, -0.15) is 0 Å². The number of carbonyl (C=O) groups excluding carboxylic acids is 1. The number of amides is 1. The highest BCUT2D eigenvalue weighted by Crippen LogP contribution is 2.39. The summed E-state index contributed by atoms with van der Waals surface area (Å²) in [5.41, 5.74) is 3.05. The number of halogens is 1. The van der Waals surface area contributed by atoms with Crippen LogP contribution in [0, 0.1) is 12.7 Å². The van der Waals surface area contributed by atoms with Crippen LogP contribution in [0.25, 0.3) is 28.1 Å². The van der Waals surface area contributed by atoms with E-state index in [9.17, 15) is 14.3 Å². The molecule has 1 saturated carbocycles. The summed E-state index contributed by atoms with van der Waals surface area (Å²) in [6, 6.07) is 17.0. The summed E-state index contributed by atoms with van der Waals surface area (Å²) in [4.78, 5) is 21.7. The van der Waals surface area contributed by atoms with E-state index >= 15 is 0 Å². The molecule has 1 aliphatic carbocycles. The minimum Gasteiger partial charge on any atom is -0.506 e. The summed E-state index contributed by atoms with van der Waals surface area (Å²) in [6.45, 7) is 1.95. The van der Waals surface area contributed by atoms with Gasteiger partial charge in [0, 0.05) is 29.1 Å². The second-order valence-corrected chi connectivity index (χ2v) is 9.29. The van der Waals surface area contributed by atoms with E-state index in [4.69, 9.17) is 0 Å². The van der Waals surface area contributed by atoms with Crippen molar-refractivity contribution in [2.24, 2.45) is 0 Å². The van der Waals surface area contributed by atoms with Gasteiger partial charge < -0.3 is 10.4 Å². The molecule has 1 fully saturated rings. The molecule has 9 heteroatoms. The molecule has 0 saturated heterocycles. The van der Waals surface area contributed by atoms with Crippen molar-refractivity contribution >= 4 is 16.8 Å². The minimum atomic E-state index is -0.381. The number of rotatable bonds is 5. The predicted octanol–water partition coefficient (Wildman–Crippen LogP) is 4.71. The SMILES string of the molecule is Cc1ccc(-c2nnc([C@H]3C[C@H](NC(=O)c4cccc5ncc(O)cc45)C3)n2-c2ccccc2F)nc1. The van der Waals surface area contributed by atoms with Crippen LogP contribution in [0.1, 0.15) is 40.5 Å². The number of aromatic nitrogens is 5. The zero-order chi connectivity index (χ0) is 25.5. The molecule has 0 atom stereocenters. The summed E-state index contributed by atoms with van der Waals surface area (Å²) in [6.07, 6.45) is 4.36. The van der Waals surface area contributed by atoms with E-state index < -0.39 is 0 Å². The molecule has 0 aliphatic heterocycles. The highest BCUT2D eigenvalue weighted by atomic mass is 19.1. The number of hydrogen-bond acceptors (Lipinski definition) is 6. The van der Waals surface area contributed by atoms with Gasteiger partial charge in [-0.15, -0.1) is 10.2 Å². The highest BCUT2D eigenvalue weighted by Gasteiger charge is 2.36. The maximum absolute atomic E-state index is 14.9. The van der Waals surface area contributed by atoms with E-state index in [1.807, 2.05) is 19.1 Å². The lowest BCUT2D eigenvalue weighted by Gasteiger charge is -2.35. The Morgan fingerprint density at radius 3 is 2.65 bits per heavy atom. The van der Waals surface area contributed by atoms with Crippen LogP contribution < -0.4 is 5.32 Å². The monoisotopic (exact) mass is 494 g/mol.